The number of aromatic nitrogens is 4. The van der Waals surface area contributed by atoms with Crippen molar-refractivity contribution in [1.29, 1.82) is 0 Å². The van der Waals surface area contributed by atoms with Crippen LogP contribution in [0.3, 0.4) is 0 Å². The molecule has 55 heavy (non-hydrogen) atoms. The fourth-order valence-corrected chi connectivity index (χ4v) is 10.6. The van der Waals surface area contributed by atoms with E-state index in [9.17, 15) is 18.0 Å². The second-order valence-corrected chi connectivity index (χ2v) is 17.9. The highest BCUT2D eigenvalue weighted by Crippen LogP contribution is 2.40. The van der Waals surface area contributed by atoms with Crippen LogP contribution in [0.15, 0.2) is 53.7 Å². The molecule has 4 aliphatic heterocycles. The quantitative estimate of drug-likeness (QED) is 0.223. The summed E-state index contributed by atoms with van der Waals surface area (Å²) in [6, 6.07) is 11.2. The van der Waals surface area contributed by atoms with Crippen molar-refractivity contribution >= 4 is 73.5 Å². The maximum Gasteiger partial charge on any atom is 0.329 e. The van der Waals surface area contributed by atoms with E-state index in [4.69, 9.17) is 23.2 Å². The largest absolute Gasteiger partial charge is 0.371 e. The highest BCUT2D eigenvalue weighted by Gasteiger charge is 2.33. The summed E-state index contributed by atoms with van der Waals surface area (Å²) in [4.78, 5) is 39.4. The second kappa shape index (κ2) is 15.8. The lowest BCUT2D eigenvalue weighted by Gasteiger charge is -2.38. The van der Waals surface area contributed by atoms with Gasteiger partial charge in [0.2, 0.25) is 21.9 Å². The van der Waals surface area contributed by atoms with Crippen LogP contribution in [0, 0.1) is 5.92 Å². The molecule has 2 aromatic heterocycles. The first-order chi connectivity index (χ1) is 26.5. The van der Waals surface area contributed by atoms with Crippen LogP contribution in [0.2, 0.25) is 10.0 Å². The van der Waals surface area contributed by atoms with E-state index in [1.54, 1.807) is 27.4 Å². The minimum absolute atomic E-state index is 0.0924. The fraction of sp³-hybridized carbons (Fsp3) is 0.500. The van der Waals surface area contributed by atoms with Crippen LogP contribution < -0.4 is 20.4 Å². The first kappa shape index (κ1) is 37.9. The molecule has 2 aromatic carbocycles. The number of imide groups is 1. The Morgan fingerprint density at radius 1 is 0.891 bits per heavy atom. The van der Waals surface area contributed by atoms with Crippen LogP contribution in [0.5, 0.6) is 0 Å². The predicted octanol–water partition coefficient (Wildman–Crippen LogP) is 5.48. The van der Waals surface area contributed by atoms with Gasteiger partial charge in [0.05, 0.1) is 32.9 Å². The number of nitrogens with zero attached hydrogens (tertiary/aromatic N) is 8. The monoisotopic (exact) mass is 808 g/mol. The summed E-state index contributed by atoms with van der Waals surface area (Å²) >= 11 is 13.0. The molecule has 292 valence electrons. The normalized spacial score (nSPS) is 20.3. The number of urea groups is 1. The van der Waals surface area contributed by atoms with Crippen LogP contribution in [-0.2, 0) is 21.9 Å². The van der Waals surface area contributed by atoms with E-state index in [2.05, 4.69) is 41.6 Å². The van der Waals surface area contributed by atoms with Crippen LogP contribution in [0.25, 0.3) is 10.9 Å². The second-order valence-electron chi connectivity index (χ2n) is 15.1. The predicted molar refractivity (Wildman–Crippen MR) is 213 cm³/mol. The van der Waals surface area contributed by atoms with Gasteiger partial charge in [0.25, 0.3) is 0 Å². The third-order valence-electron chi connectivity index (χ3n) is 11.7. The van der Waals surface area contributed by atoms with Crippen molar-refractivity contribution in [1.82, 2.24) is 34.3 Å². The standard InChI is InChI=1S/C38H46Cl2N10O4S/c1-46-35-32(36(45-46)50-20-13-33(51)44-38(50)52)6-5-31(34(35)40)26-9-14-47(15-10-26)24-25-7-16-48(17-8-25)29-3-2-4-30(21-29)55(53,54)49-18-11-28(12-19-49)43-37-41-22-27(39)23-42-37/h2-6,21-23,25-26,28H,7-20,24H2,1H3,(H,41,42,43)(H,44,51,52). The summed E-state index contributed by atoms with van der Waals surface area (Å²) in [7, 11) is -1.78. The van der Waals surface area contributed by atoms with Crippen molar-refractivity contribution in [3.8, 4) is 0 Å². The zero-order valence-electron chi connectivity index (χ0n) is 30.8. The molecule has 6 heterocycles. The summed E-state index contributed by atoms with van der Waals surface area (Å²) in [6.45, 7) is 5.99. The van der Waals surface area contributed by atoms with Crippen molar-refractivity contribution in [2.45, 2.75) is 61.8 Å². The Kier molecular flexibility index (Phi) is 10.9. The maximum absolute atomic E-state index is 13.7. The van der Waals surface area contributed by atoms with Crippen LogP contribution in [0.4, 0.5) is 22.2 Å². The maximum atomic E-state index is 13.7. The number of rotatable bonds is 9. The molecule has 0 unspecified atom stereocenters. The Labute approximate surface area is 331 Å². The van der Waals surface area contributed by atoms with Crippen molar-refractivity contribution in [3.05, 3.63) is 64.4 Å². The number of carbonyl (C=O) groups excluding carboxylic acids is 2. The van der Waals surface area contributed by atoms with Gasteiger partial charge < -0.3 is 15.1 Å². The highest BCUT2D eigenvalue weighted by molar-refractivity contribution is 7.89. The molecule has 0 spiro atoms. The van der Waals surface area contributed by atoms with E-state index in [1.807, 2.05) is 31.3 Å². The molecule has 0 atom stereocenters. The van der Waals surface area contributed by atoms with Crippen molar-refractivity contribution in [2.75, 3.05) is 67.5 Å². The number of piperidine rings is 3. The van der Waals surface area contributed by atoms with Crippen LogP contribution in [-0.4, -0.2) is 108 Å². The van der Waals surface area contributed by atoms with Gasteiger partial charge >= 0.3 is 6.03 Å². The summed E-state index contributed by atoms with van der Waals surface area (Å²) < 4.78 is 30.7. The molecule has 17 heteroatoms. The Hall–Kier alpha value is -4.02. The molecule has 0 aliphatic carbocycles. The molecule has 4 aromatic rings. The number of aryl methyl sites for hydroxylation is 1. The number of fused-ring (bicyclic) bond motifs is 1. The average Bonchev–Trinajstić information content (AvgIpc) is 3.53. The highest BCUT2D eigenvalue weighted by atomic mass is 35.5. The number of halogens is 2. The Morgan fingerprint density at radius 2 is 1.62 bits per heavy atom. The first-order valence-corrected chi connectivity index (χ1v) is 21.3. The van der Waals surface area contributed by atoms with E-state index < -0.39 is 16.1 Å². The van der Waals surface area contributed by atoms with Crippen molar-refractivity contribution in [3.63, 3.8) is 0 Å². The van der Waals surface area contributed by atoms with E-state index in [-0.39, 0.29) is 24.9 Å². The van der Waals surface area contributed by atoms with Gasteiger partial charge in [0.1, 0.15) is 0 Å². The number of amides is 3. The summed E-state index contributed by atoms with van der Waals surface area (Å²) in [5, 5.41) is 12.2. The lowest BCUT2D eigenvalue weighted by Crippen LogP contribution is -2.49. The minimum Gasteiger partial charge on any atom is -0.371 e. The zero-order chi connectivity index (χ0) is 38.3. The Balaban J connectivity index is 0.820. The summed E-state index contributed by atoms with van der Waals surface area (Å²) in [5.41, 5.74) is 2.88. The summed E-state index contributed by atoms with van der Waals surface area (Å²) in [6.07, 6.45) is 8.79. The number of carbonyl (C=O) groups is 2. The molecule has 4 aliphatic rings. The third kappa shape index (κ3) is 7.99. The van der Waals surface area contributed by atoms with Crippen molar-refractivity contribution in [2.24, 2.45) is 13.0 Å². The average molecular weight is 810 g/mol. The van der Waals surface area contributed by atoms with E-state index in [0.717, 1.165) is 80.6 Å². The Bertz CT molecular complexity index is 2160. The van der Waals surface area contributed by atoms with Gasteiger partial charge in [0, 0.05) is 69.9 Å². The summed E-state index contributed by atoms with van der Waals surface area (Å²) in [5.74, 6) is 1.65. The van der Waals surface area contributed by atoms with Gasteiger partial charge in [-0.2, -0.15) is 9.40 Å². The molecule has 14 nitrogen and oxygen atoms in total. The van der Waals surface area contributed by atoms with Crippen molar-refractivity contribution < 1.29 is 18.0 Å². The number of nitrogens with one attached hydrogen (secondary N) is 2. The zero-order valence-corrected chi connectivity index (χ0v) is 33.2. The van der Waals surface area contributed by atoms with Gasteiger partial charge in [-0.1, -0.05) is 35.3 Å². The molecule has 4 fully saturated rings. The van der Waals surface area contributed by atoms with Crippen LogP contribution in [0.1, 0.15) is 56.4 Å². The Morgan fingerprint density at radius 3 is 2.33 bits per heavy atom. The topological polar surface area (TPSA) is 149 Å². The molecule has 4 saturated heterocycles. The SMILES string of the molecule is Cn1nc(N2CCC(=O)NC2=O)c2ccc(C3CCN(CC4CCN(c5cccc(S(=O)(=O)N6CCC(Nc7ncc(Cl)cn7)CC6)c5)CC4)CC3)c(Cl)c21. The number of benzene rings is 2. The molecule has 2 N–H and O–H groups in total. The number of likely N-dealkylation sites (tertiary alicyclic amines) is 1. The van der Waals surface area contributed by atoms with Gasteiger partial charge in [-0.15, -0.1) is 0 Å². The van der Waals surface area contributed by atoms with Gasteiger partial charge in [-0.25, -0.2) is 23.2 Å². The molecule has 8 rings (SSSR count). The number of hydrogen-bond acceptors (Lipinski definition) is 10. The molecular formula is C38H46Cl2N10O4S. The van der Waals surface area contributed by atoms with E-state index in [1.165, 1.54) is 4.90 Å². The van der Waals surface area contributed by atoms with Gasteiger partial charge in [0.15, 0.2) is 5.82 Å². The minimum atomic E-state index is -3.62. The molecule has 3 amide bonds. The number of anilines is 3. The molecule has 0 bridgehead atoms. The third-order valence-corrected chi connectivity index (χ3v) is 14.1. The fourth-order valence-electron chi connectivity index (χ4n) is 8.57. The number of hydrogen-bond donors (Lipinski definition) is 2. The van der Waals surface area contributed by atoms with E-state index >= 15 is 0 Å². The van der Waals surface area contributed by atoms with Gasteiger partial charge in [-0.3, -0.25) is 19.7 Å². The molecule has 0 saturated carbocycles. The van der Waals surface area contributed by atoms with Gasteiger partial charge in [-0.05, 0) is 93.3 Å². The molecule has 0 radical (unpaired) electrons. The number of sulfonamides is 1. The van der Waals surface area contributed by atoms with Crippen LogP contribution >= 0.6 is 23.2 Å². The smallest absolute Gasteiger partial charge is 0.329 e. The first-order valence-electron chi connectivity index (χ1n) is 19.1. The lowest BCUT2D eigenvalue weighted by atomic mass is 9.87. The van der Waals surface area contributed by atoms with E-state index in [0.29, 0.717) is 64.5 Å². The lowest BCUT2D eigenvalue weighted by molar-refractivity contribution is -0.120. The molecular weight excluding hydrogens is 763 g/mol.